The van der Waals surface area contributed by atoms with Gasteiger partial charge in [-0.1, -0.05) is 0 Å². The summed E-state index contributed by atoms with van der Waals surface area (Å²) in [6, 6.07) is 11.9. The van der Waals surface area contributed by atoms with Crippen molar-refractivity contribution in [3.63, 3.8) is 0 Å². The molecule has 1 aromatic carbocycles. The fourth-order valence-electron chi connectivity index (χ4n) is 3.47. The molecule has 4 rings (SSSR count). The molecule has 0 aliphatic rings. The molecule has 3 aromatic heterocycles. The van der Waals surface area contributed by atoms with Crippen molar-refractivity contribution in [3.05, 3.63) is 78.3 Å². The predicted octanol–water partition coefficient (Wildman–Crippen LogP) is 2.96. The van der Waals surface area contributed by atoms with E-state index in [4.69, 9.17) is 18.3 Å². The van der Waals surface area contributed by atoms with Crippen LogP contribution in [0.25, 0.3) is 11.3 Å². The van der Waals surface area contributed by atoms with Crippen LogP contribution in [-0.2, 0) is 12.6 Å². The highest BCUT2D eigenvalue weighted by Crippen LogP contribution is 2.33. The van der Waals surface area contributed by atoms with Crippen molar-refractivity contribution in [3.8, 4) is 22.8 Å². The zero-order valence-electron chi connectivity index (χ0n) is 17.9. The van der Waals surface area contributed by atoms with Crippen molar-refractivity contribution in [1.82, 2.24) is 15.1 Å². The average Bonchev–Trinajstić information content (AvgIpc) is 3.59. The van der Waals surface area contributed by atoms with Crippen molar-refractivity contribution in [2.45, 2.75) is 5.60 Å². The van der Waals surface area contributed by atoms with Crippen molar-refractivity contribution < 1.29 is 28.2 Å². The number of ether oxygens (including phenoxy) is 2. The summed E-state index contributed by atoms with van der Waals surface area (Å²) in [5, 5.41) is 18.5. The lowest BCUT2D eigenvalue weighted by Gasteiger charge is -2.25. The monoisotopic (exact) mass is 437 g/mol. The van der Waals surface area contributed by atoms with Crippen LogP contribution in [-0.4, -0.2) is 41.6 Å². The molecule has 1 unspecified atom stereocenters. The summed E-state index contributed by atoms with van der Waals surface area (Å²) < 4.78 is 22.7. The van der Waals surface area contributed by atoms with E-state index in [9.17, 15) is 9.90 Å². The molecule has 0 saturated heterocycles. The number of carbonyl (C=O) groups excluding carboxylic acids is 1. The summed E-state index contributed by atoms with van der Waals surface area (Å²) in [5.74, 6) is 1.11. The molecule has 0 aliphatic heterocycles. The molecule has 4 aromatic rings. The Kier molecular flexibility index (Phi) is 5.74. The van der Waals surface area contributed by atoms with E-state index >= 15 is 0 Å². The van der Waals surface area contributed by atoms with Gasteiger partial charge in [-0.2, -0.15) is 5.10 Å². The van der Waals surface area contributed by atoms with Gasteiger partial charge in [0.1, 0.15) is 23.0 Å². The molecule has 9 nitrogen and oxygen atoms in total. The summed E-state index contributed by atoms with van der Waals surface area (Å²) in [7, 11) is 4.80. The Morgan fingerprint density at radius 2 is 2.03 bits per heavy atom. The Hall–Kier alpha value is -3.98. The smallest absolute Gasteiger partial charge is 0.269 e. The zero-order valence-corrected chi connectivity index (χ0v) is 17.9. The number of carbonyl (C=O) groups is 1. The van der Waals surface area contributed by atoms with Crippen molar-refractivity contribution in [1.29, 1.82) is 0 Å². The van der Waals surface area contributed by atoms with Gasteiger partial charge in [-0.25, -0.2) is 0 Å². The number of benzene rings is 1. The Labute approximate surface area is 184 Å². The molecule has 0 aliphatic carbocycles. The number of amides is 1. The van der Waals surface area contributed by atoms with Crippen LogP contribution >= 0.6 is 0 Å². The van der Waals surface area contributed by atoms with Crippen LogP contribution in [0.3, 0.4) is 0 Å². The first-order valence-corrected chi connectivity index (χ1v) is 9.80. The Bertz CT molecular complexity index is 1160. The molecule has 0 radical (unpaired) electrons. The second-order valence-electron chi connectivity index (χ2n) is 7.14. The molecule has 1 atom stereocenters. The highest BCUT2D eigenvalue weighted by molar-refractivity contribution is 5.94. The summed E-state index contributed by atoms with van der Waals surface area (Å²) >= 11 is 0. The van der Waals surface area contributed by atoms with E-state index in [0.717, 1.165) is 0 Å². The van der Waals surface area contributed by atoms with Crippen LogP contribution in [0, 0.1) is 0 Å². The molecule has 0 spiro atoms. The first kappa shape index (κ1) is 21.3. The molecule has 0 fully saturated rings. The molecule has 32 heavy (non-hydrogen) atoms. The van der Waals surface area contributed by atoms with Crippen LogP contribution < -0.4 is 14.8 Å². The SMILES string of the molecule is COc1ccc(OC)c(-c2cc(C(=O)NCC(O)(c3ccoc3)c3ccco3)n(C)n2)c1. The lowest BCUT2D eigenvalue weighted by molar-refractivity contribution is 0.0517. The third kappa shape index (κ3) is 3.85. The summed E-state index contributed by atoms with van der Waals surface area (Å²) in [6.07, 6.45) is 4.31. The quantitative estimate of drug-likeness (QED) is 0.436. The fourth-order valence-corrected chi connectivity index (χ4v) is 3.47. The van der Waals surface area contributed by atoms with Crippen LogP contribution in [0.2, 0.25) is 0 Å². The maximum Gasteiger partial charge on any atom is 0.269 e. The number of nitrogens with zero attached hydrogens (tertiary/aromatic N) is 2. The molecule has 3 heterocycles. The van der Waals surface area contributed by atoms with Gasteiger partial charge in [0.05, 0.1) is 45.2 Å². The topological polar surface area (TPSA) is 112 Å². The van der Waals surface area contributed by atoms with Gasteiger partial charge in [0, 0.05) is 18.2 Å². The van der Waals surface area contributed by atoms with Gasteiger partial charge < -0.3 is 28.7 Å². The molecule has 0 saturated carbocycles. The first-order valence-electron chi connectivity index (χ1n) is 9.80. The van der Waals surface area contributed by atoms with Gasteiger partial charge >= 0.3 is 0 Å². The van der Waals surface area contributed by atoms with Gasteiger partial charge in [-0.15, -0.1) is 0 Å². The molecule has 0 bridgehead atoms. The zero-order chi connectivity index (χ0) is 22.7. The van der Waals surface area contributed by atoms with E-state index in [1.165, 1.54) is 23.5 Å². The predicted molar refractivity (Wildman–Crippen MR) is 114 cm³/mol. The largest absolute Gasteiger partial charge is 0.497 e. The van der Waals surface area contributed by atoms with Crippen LogP contribution in [0.5, 0.6) is 11.5 Å². The number of hydrogen-bond donors (Lipinski definition) is 2. The summed E-state index contributed by atoms with van der Waals surface area (Å²) in [6.45, 7) is -0.137. The van der Waals surface area contributed by atoms with Gasteiger partial charge in [0.2, 0.25) is 0 Å². The number of rotatable bonds is 8. The van der Waals surface area contributed by atoms with Crippen molar-refractivity contribution in [2.24, 2.45) is 7.05 Å². The summed E-state index contributed by atoms with van der Waals surface area (Å²) in [4.78, 5) is 13.0. The highest BCUT2D eigenvalue weighted by atomic mass is 16.5. The van der Waals surface area contributed by atoms with Crippen LogP contribution in [0.15, 0.2) is 70.1 Å². The fraction of sp³-hybridized carbons (Fsp3) is 0.217. The normalized spacial score (nSPS) is 12.9. The lowest BCUT2D eigenvalue weighted by Crippen LogP contribution is -2.41. The van der Waals surface area contributed by atoms with Gasteiger partial charge in [-0.3, -0.25) is 9.48 Å². The molecular weight excluding hydrogens is 414 g/mol. The minimum Gasteiger partial charge on any atom is -0.497 e. The highest BCUT2D eigenvalue weighted by Gasteiger charge is 2.36. The number of nitrogens with one attached hydrogen (secondary N) is 1. The van der Waals surface area contributed by atoms with E-state index in [2.05, 4.69) is 10.4 Å². The molecule has 9 heteroatoms. The summed E-state index contributed by atoms with van der Waals surface area (Å²) in [5.41, 5.74) is 0.402. The first-order chi connectivity index (χ1) is 15.5. The minimum absolute atomic E-state index is 0.137. The number of aryl methyl sites for hydroxylation is 1. The lowest BCUT2D eigenvalue weighted by atomic mass is 9.93. The molecular formula is C23H23N3O6. The number of aromatic nitrogens is 2. The van der Waals surface area contributed by atoms with Crippen molar-refractivity contribution in [2.75, 3.05) is 20.8 Å². The Morgan fingerprint density at radius 1 is 1.19 bits per heavy atom. The average molecular weight is 437 g/mol. The van der Waals surface area contributed by atoms with E-state index in [1.807, 2.05) is 0 Å². The molecule has 166 valence electrons. The standard InChI is InChI=1S/C23H23N3O6/c1-26-19(12-18(25-26)17-11-16(29-2)6-7-20(17)30-3)22(27)24-14-23(28,15-8-10-31-13-15)21-5-4-9-32-21/h4-13,28H,14H2,1-3H3,(H,24,27). The number of aliphatic hydroxyl groups is 1. The Morgan fingerprint density at radius 3 is 2.69 bits per heavy atom. The van der Waals surface area contributed by atoms with E-state index < -0.39 is 11.5 Å². The maximum absolute atomic E-state index is 13.0. The van der Waals surface area contributed by atoms with Gasteiger partial charge in [-0.05, 0) is 42.5 Å². The number of hydrogen-bond acceptors (Lipinski definition) is 7. The Balaban J connectivity index is 1.59. The van der Waals surface area contributed by atoms with Gasteiger partial charge in [0.15, 0.2) is 5.60 Å². The van der Waals surface area contributed by atoms with Crippen molar-refractivity contribution >= 4 is 5.91 Å². The number of methoxy groups -OCH3 is 2. The maximum atomic E-state index is 13.0. The minimum atomic E-state index is -1.59. The third-order valence-corrected chi connectivity index (χ3v) is 5.23. The third-order valence-electron chi connectivity index (χ3n) is 5.23. The van der Waals surface area contributed by atoms with E-state index in [0.29, 0.717) is 34.0 Å². The van der Waals surface area contributed by atoms with Crippen LogP contribution in [0.1, 0.15) is 21.8 Å². The van der Waals surface area contributed by atoms with E-state index in [1.54, 1.807) is 63.7 Å². The molecule has 2 N–H and O–H groups in total. The molecule has 1 amide bonds. The number of furan rings is 2. The van der Waals surface area contributed by atoms with Gasteiger partial charge in [0.25, 0.3) is 5.91 Å². The second-order valence-corrected chi connectivity index (χ2v) is 7.14. The second kappa shape index (κ2) is 8.64. The van der Waals surface area contributed by atoms with Crippen LogP contribution in [0.4, 0.5) is 0 Å². The van der Waals surface area contributed by atoms with E-state index in [-0.39, 0.29) is 12.3 Å².